The van der Waals surface area contributed by atoms with Gasteiger partial charge in [0, 0.05) is 38.3 Å². The van der Waals surface area contributed by atoms with E-state index in [4.69, 9.17) is 9.84 Å². The summed E-state index contributed by atoms with van der Waals surface area (Å²) in [6.07, 6.45) is 0.106. The third-order valence-electron chi connectivity index (χ3n) is 4.48. The Morgan fingerprint density at radius 1 is 1.44 bits per heavy atom. The highest BCUT2D eigenvalue weighted by Crippen LogP contribution is 2.22. The molecule has 1 heterocycles. The van der Waals surface area contributed by atoms with Crippen LogP contribution in [0.4, 0.5) is 0 Å². The van der Waals surface area contributed by atoms with Crippen molar-refractivity contribution >= 4 is 11.8 Å². The zero-order valence-corrected chi connectivity index (χ0v) is 14.9. The molecule has 0 unspecified atom stereocenters. The minimum Gasteiger partial charge on any atom is -0.496 e. The smallest absolute Gasteiger partial charge is 0.237 e. The molecule has 0 aromatic heterocycles. The summed E-state index contributed by atoms with van der Waals surface area (Å²) in [7, 11) is 1.62. The number of carbonyl (C=O) groups excluding carboxylic acids is 2. The number of rotatable bonds is 8. The van der Waals surface area contributed by atoms with Gasteiger partial charge in [0.05, 0.1) is 26.2 Å². The van der Waals surface area contributed by atoms with Gasteiger partial charge in [0.1, 0.15) is 5.75 Å². The topological polar surface area (TPSA) is 82.1 Å². The molecule has 1 aromatic carbocycles. The number of hydrogen-bond donors (Lipinski definition) is 2. The van der Waals surface area contributed by atoms with Crippen LogP contribution in [0.5, 0.6) is 5.75 Å². The Morgan fingerprint density at radius 3 is 2.88 bits per heavy atom. The normalized spacial score (nSPS) is 17.9. The summed E-state index contributed by atoms with van der Waals surface area (Å²) in [5.41, 5.74) is 0.986. The fourth-order valence-electron chi connectivity index (χ4n) is 3.10. The lowest BCUT2D eigenvalue weighted by atomic mass is 10.1. The molecular formula is C18H27N3O4. The highest BCUT2D eigenvalue weighted by atomic mass is 16.5. The summed E-state index contributed by atoms with van der Waals surface area (Å²) in [5.74, 6) is 0.521. The number of nitrogens with zero attached hydrogens (tertiary/aromatic N) is 2. The van der Waals surface area contributed by atoms with Crippen molar-refractivity contribution in [2.75, 3.05) is 39.9 Å². The first kappa shape index (κ1) is 19.2. The summed E-state index contributed by atoms with van der Waals surface area (Å²) < 4.78 is 5.39. The molecule has 1 aromatic rings. The van der Waals surface area contributed by atoms with E-state index in [0.717, 1.165) is 11.3 Å². The summed E-state index contributed by atoms with van der Waals surface area (Å²) in [6.45, 7) is 4.36. The first-order chi connectivity index (χ1) is 12.1. The van der Waals surface area contributed by atoms with Gasteiger partial charge in [-0.15, -0.1) is 0 Å². The van der Waals surface area contributed by atoms with Crippen LogP contribution in [0.15, 0.2) is 24.3 Å². The number of para-hydroxylation sites is 1. The third kappa shape index (κ3) is 4.93. The van der Waals surface area contributed by atoms with Crippen molar-refractivity contribution in [2.45, 2.75) is 25.9 Å². The highest BCUT2D eigenvalue weighted by molar-refractivity contribution is 5.88. The molecule has 0 aliphatic carbocycles. The Balaban J connectivity index is 2.12. The minimum absolute atomic E-state index is 0.0820. The van der Waals surface area contributed by atoms with Crippen LogP contribution in [-0.4, -0.2) is 72.7 Å². The molecule has 138 valence electrons. The average molecular weight is 349 g/mol. The van der Waals surface area contributed by atoms with Gasteiger partial charge in [-0.1, -0.05) is 18.2 Å². The van der Waals surface area contributed by atoms with Gasteiger partial charge in [0.15, 0.2) is 0 Å². The number of benzene rings is 1. The Kier molecular flexibility index (Phi) is 7.21. The number of hydrogen-bond acceptors (Lipinski definition) is 5. The molecular weight excluding hydrogens is 322 g/mol. The second-order valence-corrected chi connectivity index (χ2v) is 5.99. The molecule has 7 nitrogen and oxygen atoms in total. The quantitative estimate of drug-likeness (QED) is 0.702. The molecule has 1 atom stereocenters. The van der Waals surface area contributed by atoms with Crippen molar-refractivity contribution in [1.29, 1.82) is 0 Å². The molecule has 7 heteroatoms. The van der Waals surface area contributed by atoms with E-state index in [-0.39, 0.29) is 31.4 Å². The van der Waals surface area contributed by atoms with Gasteiger partial charge < -0.3 is 20.1 Å². The number of likely N-dealkylation sites (N-methyl/N-ethyl adjacent to an activating group) is 1. The second-order valence-electron chi connectivity index (χ2n) is 5.99. The lowest BCUT2D eigenvalue weighted by Gasteiger charge is -2.36. The fraction of sp³-hybridized carbons (Fsp3) is 0.556. The van der Waals surface area contributed by atoms with Crippen LogP contribution in [0.2, 0.25) is 0 Å². The van der Waals surface area contributed by atoms with Crippen LogP contribution in [0.3, 0.4) is 0 Å². The van der Waals surface area contributed by atoms with Crippen LogP contribution in [0.25, 0.3) is 0 Å². The lowest BCUT2D eigenvalue weighted by molar-refractivity contribution is -0.139. The Bertz CT molecular complexity index is 593. The van der Waals surface area contributed by atoms with Crippen molar-refractivity contribution in [2.24, 2.45) is 0 Å². The maximum absolute atomic E-state index is 12.5. The largest absolute Gasteiger partial charge is 0.496 e. The third-order valence-corrected chi connectivity index (χ3v) is 4.48. The van der Waals surface area contributed by atoms with Crippen LogP contribution < -0.4 is 10.1 Å². The van der Waals surface area contributed by atoms with E-state index in [9.17, 15) is 9.59 Å². The molecule has 0 saturated carbocycles. The predicted octanol–water partition coefficient (Wildman–Crippen LogP) is 0.227. The van der Waals surface area contributed by atoms with Crippen molar-refractivity contribution in [3.63, 3.8) is 0 Å². The van der Waals surface area contributed by atoms with E-state index < -0.39 is 6.04 Å². The molecule has 0 spiro atoms. The van der Waals surface area contributed by atoms with E-state index in [1.54, 1.807) is 12.0 Å². The number of nitrogens with one attached hydrogen (secondary N) is 1. The number of methoxy groups -OCH3 is 1. The van der Waals surface area contributed by atoms with Crippen molar-refractivity contribution in [3.8, 4) is 5.75 Å². The van der Waals surface area contributed by atoms with Gasteiger partial charge in [0.25, 0.3) is 0 Å². The van der Waals surface area contributed by atoms with Crippen molar-refractivity contribution < 1.29 is 19.4 Å². The van der Waals surface area contributed by atoms with Gasteiger partial charge in [-0.05, 0) is 13.0 Å². The fourth-order valence-corrected chi connectivity index (χ4v) is 3.10. The van der Waals surface area contributed by atoms with E-state index in [1.807, 2.05) is 36.1 Å². The minimum atomic E-state index is -0.515. The number of aliphatic hydroxyl groups is 1. The zero-order chi connectivity index (χ0) is 18.2. The van der Waals surface area contributed by atoms with Gasteiger partial charge in [-0.25, -0.2) is 0 Å². The Morgan fingerprint density at radius 2 is 2.20 bits per heavy atom. The molecule has 2 rings (SSSR count). The van der Waals surface area contributed by atoms with Crippen molar-refractivity contribution in [1.82, 2.24) is 15.1 Å². The maximum Gasteiger partial charge on any atom is 0.237 e. The molecule has 1 fully saturated rings. The first-order valence-electron chi connectivity index (χ1n) is 8.63. The predicted molar refractivity (Wildman–Crippen MR) is 94.2 cm³/mol. The lowest BCUT2D eigenvalue weighted by Crippen LogP contribution is -2.56. The van der Waals surface area contributed by atoms with Crippen molar-refractivity contribution in [3.05, 3.63) is 29.8 Å². The maximum atomic E-state index is 12.5. The molecule has 1 aliphatic heterocycles. The standard InChI is InChI=1S/C18H27N3O4/c1-3-20(10-11-22)17(23)12-15-18(24)19-8-9-21(15)13-14-6-4-5-7-16(14)25-2/h4-7,15,22H,3,8-13H2,1-2H3,(H,19,24)/t15-/m0/s1. The molecule has 2 N–H and O–H groups in total. The summed E-state index contributed by atoms with van der Waals surface area (Å²) in [5, 5.41) is 11.9. The zero-order valence-electron chi connectivity index (χ0n) is 14.9. The van der Waals surface area contributed by atoms with Crippen LogP contribution >= 0.6 is 0 Å². The van der Waals surface area contributed by atoms with E-state index in [0.29, 0.717) is 26.2 Å². The molecule has 2 amide bonds. The monoisotopic (exact) mass is 349 g/mol. The molecule has 0 radical (unpaired) electrons. The highest BCUT2D eigenvalue weighted by Gasteiger charge is 2.33. The van der Waals surface area contributed by atoms with Crippen LogP contribution in [0.1, 0.15) is 18.9 Å². The summed E-state index contributed by atoms with van der Waals surface area (Å²) in [4.78, 5) is 28.4. The molecule has 1 aliphatic rings. The van der Waals surface area contributed by atoms with Crippen LogP contribution in [0, 0.1) is 0 Å². The van der Waals surface area contributed by atoms with E-state index >= 15 is 0 Å². The molecule has 25 heavy (non-hydrogen) atoms. The summed E-state index contributed by atoms with van der Waals surface area (Å²) >= 11 is 0. The van der Waals surface area contributed by atoms with Gasteiger partial charge >= 0.3 is 0 Å². The molecule has 1 saturated heterocycles. The number of piperazine rings is 1. The van der Waals surface area contributed by atoms with E-state index in [1.165, 1.54) is 0 Å². The average Bonchev–Trinajstić information content (AvgIpc) is 2.62. The Labute approximate surface area is 148 Å². The SMILES string of the molecule is CCN(CCO)C(=O)C[C@H]1C(=O)NCCN1Cc1ccccc1OC. The summed E-state index contributed by atoms with van der Waals surface area (Å²) in [6, 6.07) is 7.18. The first-order valence-corrected chi connectivity index (χ1v) is 8.63. The van der Waals surface area contributed by atoms with Gasteiger partial charge in [0.2, 0.25) is 11.8 Å². The van der Waals surface area contributed by atoms with Gasteiger partial charge in [-0.2, -0.15) is 0 Å². The molecule has 0 bridgehead atoms. The Hall–Kier alpha value is -2.12. The number of carbonyl (C=O) groups is 2. The van der Waals surface area contributed by atoms with Gasteiger partial charge in [-0.3, -0.25) is 14.5 Å². The van der Waals surface area contributed by atoms with Crippen LogP contribution in [-0.2, 0) is 16.1 Å². The second kappa shape index (κ2) is 9.39. The van der Waals surface area contributed by atoms with E-state index in [2.05, 4.69) is 5.32 Å². The number of amides is 2. The number of aliphatic hydroxyl groups excluding tert-OH is 1. The number of ether oxygens (including phenoxy) is 1.